The fraction of sp³-hybridized carbons (Fsp3) is 0.250. The van der Waals surface area contributed by atoms with Gasteiger partial charge in [0, 0.05) is 6.54 Å². The molecule has 0 aliphatic heterocycles. The standard InChI is InChI=1S/C12H13FN2O5/c1-20-11(18)7-2-3-8(13)9(6-7)15-12(19)14-5-4-10(16)17/h2-3,6H,4-5H2,1H3,(H,16,17)(H2,14,15,19). The maximum atomic E-state index is 13.5. The fourth-order valence-corrected chi connectivity index (χ4v) is 1.32. The van der Waals surface area contributed by atoms with E-state index in [9.17, 15) is 18.8 Å². The molecule has 20 heavy (non-hydrogen) atoms. The Morgan fingerprint density at radius 3 is 2.65 bits per heavy atom. The first-order valence-corrected chi connectivity index (χ1v) is 5.58. The van der Waals surface area contributed by atoms with E-state index in [2.05, 4.69) is 15.4 Å². The summed E-state index contributed by atoms with van der Waals surface area (Å²) in [4.78, 5) is 32.9. The Labute approximate surface area is 113 Å². The van der Waals surface area contributed by atoms with Gasteiger partial charge in [-0.1, -0.05) is 0 Å². The molecule has 0 aliphatic rings. The molecule has 0 aliphatic carbocycles. The number of anilines is 1. The van der Waals surface area contributed by atoms with Crippen molar-refractivity contribution in [3.05, 3.63) is 29.6 Å². The van der Waals surface area contributed by atoms with Gasteiger partial charge in [0.2, 0.25) is 0 Å². The molecule has 0 spiro atoms. The van der Waals surface area contributed by atoms with Crippen LogP contribution in [0.25, 0.3) is 0 Å². The van der Waals surface area contributed by atoms with Crippen molar-refractivity contribution in [2.24, 2.45) is 0 Å². The third-order valence-electron chi connectivity index (χ3n) is 2.26. The van der Waals surface area contributed by atoms with Gasteiger partial charge < -0.3 is 20.5 Å². The zero-order chi connectivity index (χ0) is 15.1. The number of esters is 1. The number of carboxylic acids is 1. The van der Waals surface area contributed by atoms with Crippen LogP contribution < -0.4 is 10.6 Å². The third kappa shape index (κ3) is 4.56. The first kappa shape index (κ1) is 15.4. The van der Waals surface area contributed by atoms with Crippen molar-refractivity contribution >= 4 is 23.7 Å². The van der Waals surface area contributed by atoms with Crippen LogP contribution >= 0.6 is 0 Å². The van der Waals surface area contributed by atoms with Gasteiger partial charge in [0.1, 0.15) is 5.82 Å². The highest BCUT2D eigenvalue weighted by molar-refractivity contribution is 5.94. The Kier molecular flexibility index (Phi) is 5.45. The SMILES string of the molecule is COC(=O)c1ccc(F)c(NC(=O)NCCC(=O)O)c1. The lowest BCUT2D eigenvalue weighted by Crippen LogP contribution is -2.31. The quantitative estimate of drug-likeness (QED) is 0.705. The molecule has 0 bridgehead atoms. The number of hydrogen-bond donors (Lipinski definition) is 3. The highest BCUT2D eigenvalue weighted by Gasteiger charge is 2.12. The van der Waals surface area contributed by atoms with E-state index in [0.717, 1.165) is 12.1 Å². The second-order valence-electron chi connectivity index (χ2n) is 3.71. The average molecular weight is 284 g/mol. The number of amides is 2. The Morgan fingerprint density at radius 1 is 1.35 bits per heavy atom. The smallest absolute Gasteiger partial charge is 0.337 e. The molecule has 7 nitrogen and oxygen atoms in total. The van der Waals surface area contributed by atoms with Gasteiger partial charge >= 0.3 is 18.0 Å². The van der Waals surface area contributed by atoms with Crippen LogP contribution in [0.5, 0.6) is 0 Å². The largest absolute Gasteiger partial charge is 0.481 e. The second-order valence-corrected chi connectivity index (χ2v) is 3.71. The zero-order valence-corrected chi connectivity index (χ0v) is 10.6. The number of carboxylic acid groups (broad SMARTS) is 1. The first-order valence-electron chi connectivity index (χ1n) is 5.58. The topological polar surface area (TPSA) is 105 Å². The summed E-state index contributed by atoms with van der Waals surface area (Å²) in [6, 6.07) is 2.58. The van der Waals surface area contributed by atoms with Gasteiger partial charge in [0.05, 0.1) is 24.8 Å². The van der Waals surface area contributed by atoms with Gasteiger partial charge in [-0.2, -0.15) is 0 Å². The summed E-state index contributed by atoms with van der Waals surface area (Å²) in [6.07, 6.45) is -0.252. The molecule has 0 saturated carbocycles. The summed E-state index contributed by atoms with van der Waals surface area (Å²) in [5, 5.41) is 12.8. The highest BCUT2D eigenvalue weighted by Crippen LogP contribution is 2.16. The summed E-state index contributed by atoms with van der Waals surface area (Å²) < 4.78 is 17.9. The number of hydrogen-bond acceptors (Lipinski definition) is 4. The molecule has 0 unspecified atom stereocenters. The third-order valence-corrected chi connectivity index (χ3v) is 2.26. The van der Waals surface area contributed by atoms with E-state index in [1.807, 2.05) is 0 Å². The molecule has 3 N–H and O–H groups in total. The summed E-state index contributed by atoms with van der Waals surface area (Å²) >= 11 is 0. The zero-order valence-electron chi connectivity index (χ0n) is 10.6. The molecule has 2 amide bonds. The van der Waals surface area contributed by atoms with E-state index in [1.54, 1.807) is 0 Å². The summed E-state index contributed by atoms with van der Waals surface area (Å²) in [5.74, 6) is -2.46. The van der Waals surface area contributed by atoms with E-state index < -0.39 is 23.8 Å². The number of nitrogens with one attached hydrogen (secondary N) is 2. The molecular formula is C12H13FN2O5. The normalized spacial score (nSPS) is 9.70. The molecule has 0 saturated heterocycles. The van der Waals surface area contributed by atoms with E-state index in [4.69, 9.17) is 5.11 Å². The van der Waals surface area contributed by atoms with E-state index in [1.165, 1.54) is 13.2 Å². The lowest BCUT2D eigenvalue weighted by atomic mass is 10.2. The summed E-state index contributed by atoms with van der Waals surface area (Å²) in [7, 11) is 1.18. The molecule has 1 rings (SSSR count). The molecule has 0 aromatic heterocycles. The number of halogens is 1. The van der Waals surface area contributed by atoms with Crippen LogP contribution in [0.1, 0.15) is 16.8 Å². The number of carbonyl (C=O) groups excluding carboxylic acids is 2. The molecule has 108 valence electrons. The van der Waals surface area contributed by atoms with Crippen molar-refractivity contribution in [3.63, 3.8) is 0 Å². The molecule has 0 atom stereocenters. The lowest BCUT2D eigenvalue weighted by molar-refractivity contribution is -0.136. The maximum Gasteiger partial charge on any atom is 0.337 e. The predicted octanol–water partition coefficient (Wildman–Crippen LogP) is 1.21. The number of methoxy groups -OCH3 is 1. The van der Waals surface area contributed by atoms with Crippen LogP contribution in [0.15, 0.2) is 18.2 Å². The Morgan fingerprint density at radius 2 is 2.05 bits per heavy atom. The second kappa shape index (κ2) is 7.07. The molecular weight excluding hydrogens is 271 g/mol. The Hall–Kier alpha value is -2.64. The van der Waals surface area contributed by atoms with Crippen LogP contribution in [0, 0.1) is 5.82 Å². The average Bonchev–Trinajstić information content (AvgIpc) is 2.40. The number of urea groups is 1. The monoisotopic (exact) mass is 284 g/mol. The number of aliphatic carboxylic acids is 1. The molecule has 0 heterocycles. The van der Waals surface area contributed by atoms with Crippen molar-refractivity contribution in [2.45, 2.75) is 6.42 Å². The number of ether oxygens (including phenoxy) is 1. The molecule has 1 aromatic rings. The lowest BCUT2D eigenvalue weighted by Gasteiger charge is -2.09. The van der Waals surface area contributed by atoms with Crippen LogP contribution in [0.2, 0.25) is 0 Å². The Bertz CT molecular complexity index is 533. The van der Waals surface area contributed by atoms with Crippen LogP contribution in [-0.4, -0.2) is 36.7 Å². The number of rotatable bonds is 5. The van der Waals surface area contributed by atoms with E-state index in [-0.39, 0.29) is 24.2 Å². The minimum atomic E-state index is -1.07. The van der Waals surface area contributed by atoms with Crippen molar-refractivity contribution in [1.29, 1.82) is 0 Å². The van der Waals surface area contributed by atoms with Gasteiger partial charge in [-0.3, -0.25) is 4.79 Å². The predicted molar refractivity (Wildman–Crippen MR) is 67.0 cm³/mol. The Balaban J connectivity index is 2.68. The van der Waals surface area contributed by atoms with E-state index in [0.29, 0.717) is 0 Å². The number of benzene rings is 1. The van der Waals surface area contributed by atoms with Crippen molar-refractivity contribution in [2.75, 3.05) is 19.0 Å². The summed E-state index contributed by atoms with van der Waals surface area (Å²) in [5.41, 5.74) is -0.129. The van der Waals surface area contributed by atoms with Crippen LogP contribution in [0.3, 0.4) is 0 Å². The van der Waals surface area contributed by atoms with E-state index >= 15 is 0 Å². The van der Waals surface area contributed by atoms with Crippen molar-refractivity contribution < 1.29 is 28.6 Å². The number of carbonyl (C=O) groups is 3. The van der Waals surface area contributed by atoms with Gasteiger partial charge in [0.15, 0.2) is 0 Å². The minimum Gasteiger partial charge on any atom is -0.481 e. The molecule has 8 heteroatoms. The molecule has 0 fully saturated rings. The first-order chi connectivity index (χ1) is 9.43. The van der Waals surface area contributed by atoms with Gasteiger partial charge in [0.25, 0.3) is 0 Å². The summed E-state index contributed by atoms with van der Waals surface area (Å²) in [6.45, 7) is -0.0977. The fourth-order valence-electron chi connectivity index (χ4n) is 1.32. The minimum absolute atomic E-state index is 0.0785. The van der Waals surface area contributed by atoms with Gasteiger partial charge in [-0.15, -0.1) is 0 Å². The molecule has 0 radical (unpaired) electrons. The van der Waals surface area contributed by atoms with Crippen molar-refractivity contribution in [1.82, 2.24) is 5.32 Å². The van der Waals surface area contributed by atoms with Gasteiger partial charge in [-0.05, 0) is 18.2 Å². The van der Waals surface area contributed by atoms with Gasteiger partial charge in [-0.25, -0.2) is 14.0 Å². The van der Waals surface area contributed by atoms with Crippen LogP contribution in [0.4, 0.5) is 14.9 Å². The maximum absolute atomic E-state index is 13.5. The van der Waals surface area contributed by atoms with Crippen LogP contribution in [-0.2, 0) is 9.53 Å². The highest BCUT2D eigenvalue weighted by atomic mass is 19.1. The molecule has 1 aromatic carbocycles. The van der Waals surface area contributed by atoms with Crippen molar-refractivity contribution in [3.8, 4) is 0 Å².